The van der Waals surface area contributed by atoms with Crippen molar-refractivity contribution in [3.05, 3.63) is 11.6 Å². The number of rotatable bonds is 9. The maximum absolute atomic E-state index is 11.5. The van der Waals surface area contributed by atoms with Gasteiger partial charge in [-0.25, -0.2) is 0 Å². The largest absolute Gasteiger partial charge is 0.394 e. The van der Waals surface area contributed by atoms with Crippen LogP contribution in [0.3, 0.4) is 0 Å². The molecule has 0 aromatic rings. The van der Waals surface area contributed by atoms with E-state index in [1.165, 1.54) is 6.92 Å². The molecule has 0 bridgehead atoms. The van der Waals surface area contributed by atoms with Crippen molar-refractivity contribution in [3.63, 3.8) is 0 Å². The molecule has 4 aliphatic carbocycles. The molecule has 8 aliphatic rings. The molecule has 0 radical (unpaired) electrons. The molecule has 17 heteroatoms. The van der Waals surface area contributed by atoms with Crippen molar-refractivity contribution in [1.82, 2.24) is 0 Å². The summed E-state index contributed by atoms with van der Waals surface area (Å²) in [6.07, 6.45) is -14.5. The Bertz CT molecular complexity index is 1570. The van der Waals surface area contributed by atoms with Crippen molar-refractivity contribution >= 4 is 0 Å². The highest BCUT2D eigenvalue weighted by atomic mass is 16.8. The highest BCUT2D eigenvalue weighted by Crippen LogP contribution is 2.69. The first-order valence-electron chi connectivity index (χ1n) is 23.2. The van der Waals surface area contributed by atoms with Crippen molar-refractivity contribution < 1.29 is 84.2 Å². The monoisotopic (exact) mass is 886 g/mol. The molecule has 8 rings (SSSR count). The highest BCUT2D eigenvalue weighted by Gasteiger charge is 2.66. The maximum atomic E-state index is 11.5. The molecule has 27 unspecified atom stereocenters. The number of hydrogen-bond donors (Lipinski definition) is 10. The van der Waals surface area contributed by atoms with Crippen LogP contribution in [-0.2, 0) is 33.2 Å². The molecule has 27 atom stereocenters. The van der Waals surface area contributed by atoms with Crippen LogP contribution in [0, 0.1) is 46.3 Å². The lowest BCUT2D eigenvalue weighted by Crippen LogP contribution is -2.67. The third-order valence-electron chi connectivity index (χ3n) is 17.3. The first-order valence-corrected chi connectivity index (χ1v) is 23.2. The fourth-order valence-electron chi connectivity index (χ4n) is 14.0. The number of aliphatic hydroxyl groups is 10. The molecule has 62 heavy (non-hydrogen) atoms. The van der Waals surface area contributed by atoms with Gasteiger partial charge in [0, 0.05) is 0 Å². The average Bonchev–Trinajstić information content (AvgIpc) is 3.54. The van der Waals surface area contributed by atoms with Crippen molar-refractivity contribution in [1.29, 1.82) is 0 Å². The van der Waals surface area contributed by atoms with Crippen LogP contribution in [0.4, 0.5) is 0 Å². The second-order valence-corrected chi connectivity index (χ2v) is 21.0. The summed E-state index contributed by atoms with van der Waals surface area (Å²) in [7, 11) is 0. The van der Waals surface area contributed by atoms with Crippen molar-refractivity contribution in [2.24, 2.45) is 46.3 Å². The van der Waals surface area contributed by atoms with E-state index >= 15 is 0 Å². The van der Waals surface area contributed by atoms with Gasteiger partial charge in [0.25, 0.3) is 0 Å². The summed E-state index contributed by atoms with van der Waals surface area (Å²) in [6, 6.07) is 0. The van der Waals surface area contributed by atoms with Crippen LogP contribution < -0.4 is 0 Å². The van der Waals surface area contributed by atoms with Gasteiger partial charge in [-0.15, -0.1) is 0 Å². The standard InChI is InChI=1S/C45H74O17/c1-18(2)13-27-31(48)19(3)30-26(58-27)15-25-23-8-7-21-14-22(9-11-44(21,5)24(23)10-12-45(25,30)6)57-42-39(36(53)33(50)28(16-46)59-42)62-43-40(37(54)34(51)29(17-47)60-43)61-41-38(55)35(52)32(49)20(4)56-41/h13,19-43,46-55H,7-12,14-17H2,1-6H3. The quantitative estimate of drug-likeness (QED) is 0.107. The van der Waals surface area contributed by atoms with E-state index in [0.717, 1.165) is 44.1 Å². The Balaban J connectivity index is 0.973. The molecule has 0 aromatic heterocycles. The Kier molecular flexibility index (Phi) is 14.0. The Morgan fingerprint density at radius 1 is 0.597 bits per heavy atom. The first kappa shape index (κ1) is 47.5. The predicted molar refractivity (Wildman–Crippen MR) is 216 cm³/mol. The Hall–Kier alpha value is -0.940. The molecule has 0 spiro atoms. The second kappa shape index (κ2) is 18.3. The summed E-state index contributed by atoms with van der Waals surface area (Å²) in [4.78, 5) is 0. The van der Waals surface area contributed by atoms with E-state index in [1.54, 1.807) is 0 Å². The Labute approximate surface area is 364 Å². The zero-order valence-corrected chi connectivity index (χ0v) is 36.9. The number of allylic oxidation sites excluding steroid dienone is 1. The van der Waals surface area contributed by atoms with Crippen molar-refractivity contribution in [2.75, 3.05) is 13.2 Å². The van der Waals surface area contributed by atoms with Crippen LogP contribution in [0.1, 0.15) is 92.9 Å². The molecule has 10 N–H and O–H groups in total. The van der Waals surface area contributed by atoms with Crippen LogP contribution in [0.25, 0.3) is 0 Å². The van der Waals surface area contributed by atoms with Crippen molar-refractivity contribution in [3.8, 4) is 0 Å². The van der Waals surface area contributed by atoms with Gasteiger partial charge in [0.15, 0.2) is 18.9 Å². The molecule has 4 saturated heterocycles. The Morgan fingerprint density at radius 2 is 1.19 bits per heavy atom. The smallest absolute Gasteiger partial charge is 0.187 e. The minimum absolute atomic E-state index is 0.0603. The topological polar surface area (TPSA) is 267 Å². The molecule has 4 aliphatic heterocycles. The minimum atomic E-state index is -1.81. The van der Waals surface area contributed by atoms with Crippen LogP contribution in [0.2, 0.25) is 0 Å². The van der Waals surface area contributed by atoms with Gasteiger partial charge in [-0.2, -0.15) is 0 Å². The van der Waals surface area contributed by atoms with E-state index in [9.17, 15) is 51.1 Å². The van der Waals surface area contributed by atoms with E-state index < -0.39 is 111 Å². The molecule has 0 amide bonds. The number of hydrogen-bond acceptors (Lipinski definition) is 17. The van der Waals surface area contributed by atoms with Gasteiger partial charge in [-0.3, -0.25) is 0 Å². The molecule has 17 nitrogen and oxygen atoms in total. The summed E-state index contributed by atoms with van der Waals surface area (Å²) in [6.45, 7) is 11.3. The zero-order valence-electron chi connectivity index (χ0n) is 36.9. The van der Waals surface area contributed by atoms with Gasteiger partial charge in [0.2, 0.25) is 0 Å². The normalized spacial score (nSPS) is 56.5. The summed E-state index contributed by atoms with van der Waals surface area (Å²) >= 11 is 0. The molecule has 4 heterocycles. The van der Waals surface area contributed by atoms with Crippen LogP contribution in [0.5, 0.6) is 0 Å². The lowest BCUT2D eigenvalue weighted by atomic mass is 9.44. The fourth-order valence-corrected chi connectivity index (χ4v) is 14.0. The lowest BCUT2D eigenvalue weighted by molar-refractivity contribution is -0.395. The van der Waals surface area contributed by atoms with Gasteiger partial charge in [0.1, 0.15) is 73.2 Å². The molecular weight excluding hydrogens is 812 g/mol. The van der Waals surface area contributed by atoms with E-state index in [-0.39, 0.29) is 35.1 Å². The number of aliphatic hydroxyl groups excluding tert-OH is 10. The van der Waals surface area contributed by atoms with Gasteiger partial charge >= 0.3 is 0 Å². The lowest BCUT2D eigenvalue weighted by Gasteiger charge is -2.61. The fraction of sp³-hybridized carbons (Fsp3) is 0.956. The average molecular weight is 887 g/mol. The molecule has 356 valence electrons. The predicted octanol–water partition coefficient (Wildman–Crippen LogP) is -0.153. The highest BCUT2D eigenvalue weighted by molar-refractivity contribution is 5.16. The molecule has 4 saturated carbocycles. The van der Waals surface area contributed by atoms with Crippen LogP contribution in [-0.4, -0.2) is 181 Å². The molecule has 8 fully saturated rings. The van der Waals surface area contributed by atoms with Crippen LogP contribution in [0.15, 0.2) is 11.6 Å². The SMILES string of the molecule is CC(C)=CC1OC2CC3C4CCC5CC(OC6OC(CO)C(O)C(O)C6OC6OC(CO)C(O)C(O)C6OC6OC(C)C(O)C(O)C6O)CCC5(C)C4CCC3(C)C2C(C)C1O. The van der Waals surface area contributed by atoms with E-state index in [4.69, 9.17) is 33.2 Å². The molecular formula is C45H74O17. The van der Waals surface area contributed by atoms with E-state index in [2.05, 4.69) is 26.8 Å². The summed E-state index contributed by atoms with van der Waals surface area (Å²) < 4.78 is 43.1. The maximum Gasteiger partial charge on any atom is 0.187 e. The molecule has 0 aromatic carbocycles. The number of fused-ring (bicyclic) bond motifs is 7. The van der Waals surface area contributed by atoms with Crippen molar-refractivity contribution in [2.45, 2.75) is 209 Å². The van der Waals surface area contributed by atoms with E-state index in [0.29, 0.717) is 42.4 Å². The van der Waals surface area contributed by atoms with E-state index in [1.807, 2.05) is 13.8 Å². The van der Waals surface area contributed by atoms with Gasteiger partial charge in [0.05, 0.1) is 37.6 Å². The first-order chi connectivity index (χ1) is 29.3. The second-order valence-electron chi connectivity index (χ2n) is 21.0. The number of ether oxygens (including phenoxy) is 7. The summed E-state index contributed by atoms with van der Waals surface area (Å²) in [5.74, 6) is 2.36. The van der Waals surface area contributed by atoms with Gasteiger partial charge in [-0.05, 0) is 118 Å². The third kappa shape index (κ3) is 8.17. The van der Waals surface area contributed by atoms with Gasteiger partial charge < -0.3 is 84.2 Å². The van der Waals surface area contributed by atoms with Crippen LogP contribution >= 0.6 is 0 Å². The summed E-state index contributed by atoms with van der Waals surface area (Å²) in [5.41, 5.74) is 1.30. The third-order valence-corrected chi connectivity index (χ3v) is 17.3. The Morgan fingerprint density at radius 3 is 1.81 bits per heavy atom. The summed E-state index contributed by atoms with van der Waals surface area (Å²) in [5, 5.41) is 108. The van der Waals surface area contributed by atoms with Gasteiger partial charge in [-0.1, -0.05) is 32.4 Å². The zero-order chi connectivity index (χ0) is 44.7. The minimum Gasteiger partial charge on any atom is -0.394 e.